The van der Waals surface area contributed by atoms with Gasteiger partial charge in [0.15, 0.2) is 0 Å². The number of carbonyl (C=O) groups excluding carboxylic acids is 1. The first kappa shape index (κ1) is 18.7. The number of nitrogens with zero attached hydrogens (tertiary/aromatic N) is 4. The Hall–Kier alpha value is -3.10. The molecule has 0 spiro atoms. The van der Waals surface area contributed by atoms with Crippen molar-refractivity contribution < 1.29 is 18.0 Å². The average Bonchev–Trinajstić information content (AvgIpc) is 3.22. The molecule has 3 rings (SSSR count). The maximum atomic E-state index is 12.8. The highest BCUT2D eigenvalue weighted by molar-refractivity contribution is 5.93. The molecular weight excluding hydrogens is 359 g/mol. The molecule has 1 atom stereocenters. The highest BCUT2D eigenvalue weighted by Crippen LogP contribution is 2.29. The predicted octanol–water partition coefficient (Wildman–Crippen LogP) is 3.65. The smallest absolute Gasteiger partial charge is 0.322 e. The Morgan fingerprint density at radius 3 is 2.67 bits per heavy atom. The van der Waals surface area contributed by atoms with E-state index in [2.05, 4.69) is 15.5 Å². The van der Waals surface area contributed by atoms with Crippen molar-refractivity contribution in [3.05, 3.63) is 65.7 Å². The molecule has 2 heterocycles. The Bertz CT molecular complexity index is 944. The van der Waals surface area contributed by atoms with Gasteiger partial charge in [0.25, 0.3) is 0 Å². The topological polar surface area (TPSA) is 64.7 Å². The van der Waals surface area contributed by atoms with Crippen LogP contribution in [-0.4, -0.2) is 25.5 Å². The second kappa shape index (κ2) is 7.26. The van der Waals surface area contributed by atoms with Gasteiger partial charge in [0.1, 0.15) is 6.04 Å². The molecule has 1 unspecified atom stereocenters. The third kappa shape index (κ3) is 4.55. The Morgan fingerprint density at radius 1 is 1.22 bits per heavy atom. The number of halogens is 3. The van der Waals surface area contributed by atoms with Crippen molar-refractivity contribution in [2.75, 3.05) is 5.32 Å². The van der Waals surface area contributed by atoms with Gasteiger partial charge in [-0.05, 0) is 37.1 Å². The third-order valence-electron chi connectivity index (χ3n) is 4.01. The lowest BCUT2D eigenvalue weighted by Gasteiger charge is -2.11. The molecule has 0 aliphatic rings. The number of hydrogen-bond donors (Lipinski definition) is 1. The van der Waals surface area contributed by atoms with Gasteiger partial charge in [-0.1, -0.05) is 12.1 Å². The number of alkyl halides is 3. The minimum atomic E-state index is -4.39. The number of amides is 1. The van der Waals surface area contributed by atoms with E-state index in [0.29, 0.717) is 11.3 Å². The van der Waals surface area contributed by atoms with E-state index in [0.717, 1.165) is 17.7 Å². The average molecular weight is 377 g/mol. The van der Waals surface area contributed by atoms with Crippen molar-refractivity contribution in [2.45, 2.75) is 32.6 Å². The summed E-state index contributed by atoms with van der Waals surface area (Å²) in [5, 5.41) is 10.9. The van der Waals surface area contributed by atoms with Crippen LogP contribution in [0, 0.1) is 6.92 Å². The summed E-state index contributed by atoms with van der Waals surface area (Å²) >= 11 is 0. The fraction of sp³-hybridized carbons (Fsp3) is 0.278. The number of hydrogen-bond acceptors (Lipinski definition) is 3. The van der Waals surface area contributed by atoms with E-state index >= 15 is 0 Å². The molecule has 6 nitrogen and oxygen atoms in total. The normalized spacial score (nSPS) is 12.8. The van der Waals surface area contributed by atoms with Gasteiger partial charge in [0.2, 0.25) is 5.91 Å². The van der Waals surface area contributed by atoms with Crippen molar-refractivity contribution in [1.29, 1.82) is 0 Å². The van der Waals surface area contributed by atoms with Crippen LogP contribution in [-0.2, 0) is 17.5 Å². The Labute approximate surface area is 153 Å². The highest BCUT2D eigenvalue weighted by Gasteiger charge is 2.30. The summed E-state index contributed by atoms with van der Waals surface area (Å²) in [7, 11) is 0. The second-order valence-corrected chi connectivity index (χ2v) is 6.29. The van der Waals surface area contributed by atoms with Gasteiger partial charge in [-0.15, -0.1) is 0 Å². The van der Waals surface area contributed by atoms with Crippen LogP contribution in [0.3, 0.4) is 0 Å². The minimum absolute atomic E-state index is 0.160. The number of benzene rings is 1. The van der Waals surface area contributed by atoms with Crippen molar-refractivity contribution in [3.8, 4) is 0 Å². The molecule has 27 heavy (non-hydrogen) atoms. The molecule has 1 amide bonds. The molecule has 1 N–H and O–H groups in total. The molecule has 2 aromatic heterocycles. The minimum Gasteiger partial charge on any atom is -0.322 e. The van der Waals surface area contributed by atoms with Crippen LogP contribution in [0.1, 0.15) is 29.7 Å². The molecule has 0 bridgehead atoms. The lowest BCUT2D eigenvalue weighted by molar-refractivity contribution is -0.137. The fourth-order valence-electron chi connectivity index (χ4n) is 2.56. The molecule has 1 aromatic carbocycles. The standard InChI is InChI=1S/C18H18F3N5O/c1-12-7-23-26(9-12)13(2)17(27)24-16-8-22-25(11-16)10-14-4-3-5-15(6-14)18(19,20)21/h3-9,11,13H,10H2,1-2H3,(H,24,27). The van der Waals surface area contributed by atoms with Crippen molar-refractivity contribution in [1.82, 2.24) is 19.6 Å². The van der Waals surface area contributed by atoms with Gasteiger partial charge in [-0.2, -0.15) is 23.4 Å². The summed E-state index contributed by atoms with van der Waals surface area (Å²) in [5.41, 5.74) is 1.17. The number of anilines is 1. The zero-order valence-electron chi connectivity index (χ0n) is 14.7. The number of aryl methyl sites for hydroxylation is 1. The van der Waals surface area contributed by atoms with Crippen LogP contribution in [0.2, 0.25) is 0 Å². The quantitative estimate of drug-likeness (QED) is 0.738. The zero-order chi connectivity index (χ0) is 19.6. The van der Waals surface area contributed by atoms with E-state index in [4.69, 9.17) is 0 Å². The van der Waals surface area contributed by atoms with E-state index in [9.17, 15) is 18.0 Å². The first-order valence-corrected chi connectivity index (χ1v) is 8.22. The molecular formula is C18H18F3N5O. The Kier molecular flexibility index (Phi) is 5.02. The summed E-state index contributed by atoms with van der Waals surface area (Å²) < 4.78 is 41.4. The SMILES string of the molecule is Cc1cnn(C(C)C(=O)Nc2cnn(Cc3cccc(C(F)(F)F)c3)c2)c1. The van der Waals surface area contributed by atoms with E-state index in [1.807, 2.05) is 6.92 Å². The van der Waals surface area contributed by atoms with Gasteiger partial charge >= 0.3 is 6.18 Å². The summed E-state index contributed by atoms with van der Waals surface area (Å²) in [6.07, 6.45) is 2.06. The Morgan fingerprint density at radius 2 is 2.00 bits per heavy atom. The van der Waals surface area contributed by atoms with E-state index < -0.39 is 17.8 Å². The Balaban J connectivity index is 1.66. The number of nitrogens with one attached hydrogen (secondary N) is 1. The lowest BCUT2D eigenvalue weighted by Crippen LogP contribution is -2.23. The van der Waals surface area contributed by atoms with E-state index in [1.165, 1.54) is 16.9 Å². The van der Waals surface area contributed by atoms with Crippen molar-refractivity contribution >= 4 is 11.6 Å². The third-order valence-corrected chi connectivity index (χ3v) is 4.01. The lowest BCUT2D eigenvalue weighted by atomic mass is 10.1. The van der Waals surface area contributed by atoms with Crippen LogP contribution < -0.4 is 5.32 Å². The first-order chi connectivity index (χ1) is 12.7. The molecule has 0 aliphatic heterocycles. The van der Waals surface area contributed by atoms with Crippen molar-refractivity contribution in [3.63, 3.8) is 0 Å². The van der Waals surface area contributed by atoms with Gasteiger partial charge < -0.3 is 5.32 Å². The molecule has 0 fully saturated rings. The van der Waals surface area contributed by atoms with Crippen LogP contribution in [0.25, 0.3) is 0 Å². The molecule has 3 aromatic rings. The summed E-state index contributed by atoms with van der Waals surface area (Å²) in [6.45, 7) is 3.76. The maximum absolute atomic E-state index is 12.8. The molecule has 0 aliphatic carbocycles. The largest absolute Gasteiger partial charge is 0.416 e. The number of aromatic nitrogens is 4. The first-order valence-electron chi connectivity index (χ1n) is 8.22. The second-order valence-electron chi connectivity index (χ2n) is 6.29. The fourth-order valence-corrected chi connectivity index (χ4v) is 2.56. The van der Waals surface area contributed by atoms with Crippen LogP contribution >= 0.6 is 0 Å². The number of rotatable bonds is 5. The van der Waals surface area contributed by atoms with Crippen LogP contribution in [0.5, 0.6) is 0 Å². The highest BCUT2D eigenvalue weighted by atomic mass is 19.4. The van der Waals surface area contributed by atoms with E-state index in [1.54, 1.807) is 36.3 Å². The summed E-state index contributed by atoms with van der Waals surface area (Å²) in [4.78, 5) is 12.3. The molecule has 142 valence electrons. The zero-order valence-corrected chi connectivity index (χ0v) is 14.7. The van der Waals surface area contributed by atoms with Gasteiger partial charge in [-0.25, -0.2) is 0 Å². The van der Waals surface area contributed by atoms with Gasteiger partial charge in [-0.3, -0.25) is 14.2 Å². The maximum Gasteiger partial charge on any atom is 0.416 e. The number of carbonyl (C=O) groups is 1. The molecule has 0 radical (unpaired) electrons. The molecule has 9 heteroatoms. The molecule has 0 saturated heterocycles. The van der Waals surface area contributed by atoms with Crippen LogP contribution in [0.4, 0.5) is 18.9 Å². The predicted molar refractivity (Wildman–Crippen MR) is 93.1 cm³/mol. The van der Waals surface area contributed by atoms with E-state index in [-0.39, 0.29) is 12.5 Å². The molecule has 0 saturated carbocycles. The van der Waals surface area contributed by atoms with Crippen LogP contribution in [0.15, 0.2) is 49.1 Å². The summed E-state index contributed by atoms with van der Waals surface area (Å²) in [6, 6.07) is 4.55. The van der Waals surface area contributed by atoms with Gasteiger partial charge in [0.05, 0.1) is 30.2 Å². The van der Waals surface area contributed by atoms with Crippen molar-refractivity contribution in [2.24, 2.45) is 0 Å². The van der Waals surface area contributed by atoms with Gasteiger partial charge in [0, 0.05) is 12.4 Å². The monoisotopic (exact) mass is 377 g/mol. The summed E-state index contributed by atoms with van der Waals surface area (Å²) in [5.74, 6) is -0.267.